The summed E-state index contributed by atoms with van der Waals surface area (Å²) < 4.78 is 4.92. The predicted octanol–water partition coefficient (Wildman–Crippen LogP) is 3.32. The van der Waals surface area contributed by atoms with Crippen LogP contribution in [0.15, 0.2) is 22.7 Å². The lowest BCUT2D eigenvalue weighted by molar-refractivity contribution is 0.300. The van der Waals surface area contributed by atoms with Gasteiger partial charge < -0.3 is 4.52 Å². The van der Waals surface area contributed by atoms with Gasteiger partial charge in [0.05, 0.1) is 6.54 Å². The number of benzene rings is 1. The van der Waals surface area contributed by atoms with E-state index >= 15 is 0 Å². The first kappa shape index (κ1) is 13.3. The van der Waals surface area contributed by atoms with Crippen molar-refractivity contribution in [3.63, 3.8) is 0 Å². The highest BCUT2D eigenvalue weighted by atomic mass is 35.5. The zero-order valence-corrected chi connectivity index (χ0v) is 11.7. The van der Waals surface area contributed by atoms with Crippen LogP contribution in [0.1, 0.15) is 17.3 Å². The zero-order valence-electron chi connectivity index (χ0n) is 10.2. The lowest BCUT2D eigenvalue weighted by Crippen LogP contribution is -2.18. The topological polar surface area (TPSA) is 42.2 Å². The summed E-state index contributed by atoms with van der Waals surface area (Å²) in [4.78, 5) is 6.21. The third-order valence-electron chi connectivity index (χ3n) is 2.44. The molecular formula is C12H13Cl2N3O. The van der Waals surface area contributed by atoms with Gasteiger partial charge in [-0.05, 0) is 24.7 Å². The quantitative estimate of drug-likeness (QED) is 0.864. The number of aromatic nitrogens is 2. The molecule has 0 saturated carbocycles. The van der Waals surface area contributed by atoms with Crippen molar-refractivity contribution in [1.29, 1.82) is 0 Å². The summed E-state index contributed by atoms with van der Waals surface area (Å²) in [5, 5.41) is 5.16. The maximum Gasteiger partial charge on any atom is 0.223 e. The molecular weight excluding hydrogens is 273 g/mol. The summed E-state index contributed by atoms with van der Waals surface area (Å²) in [5.41, 5.74) is 1.02. The van der Waals surface area contributed by atoms with Crippen LogP contribution in [0.2, 0.25) is 10.0 Å². The molecule has 2 aromatic rings. The normalized spacial score (nSPS) is 11.2. The SMILES string of the molecule is Cc1nc(CN(C)Cc2ccc(Cl)cc2Cl)no1. The highest BCUT2D eigenvalue weighted by molar-refractivity contribution is 6.35. The fourth-order valence-electron chi connectivity index (χ4n) is 1.64. The Hall–Kier alpha value is -1.10. The number of aryl methyl sites for hydroxylation is 1. The van der Waals surface area contributed by atoms with Crippen LogP contribution in [-0.4, -0.2) is 22.1 Å². The van der Waals surface area contributed by atoms with Crippen molar-refractivity contribution >= 4 is 23.2 Å². The molecule has 0 radical (unpaired) electrons. The molecule has 96 valence electrons. The first-order valence-electron chi connectivity index (χ1n) is 5.46. The van der Waals surface area contributed by atoms with E-state index in [2.05, 4.69) is 15.0 Å². The van der Waals surface area contributed by atoms with E-state index < -0.39 is 0 Å². The van der Waals surface area contributed by atoms with E-state index in [0.29, 0.717) is 34.8 Å². The smallest absolute Gasteiger partial charge is 0.223 e. The Morgan fingerprint density at radius 2 is 2.06 bits per heavy atom. The maximum atomic E-state index is 6.12. The molecule has 1 aromatic carbocycles. The van der Waals surface area contributed by atoms with Crippen LogP contribution in [0.25, 0.3) is 0 Å². The summed E-state index contributed by atoms with van der Waals surface area (Å²) in [5.74, 6) is 1.24. The monoisotopic (exact) mass is 285 g/mol. The van der Waals surface area contributed by atoms with Crippen molar-refractivity contribution in [2.45, 2.75) is 20.0 Å². The van der Waals surface area contributed by atoms with Gasteiger partial charge in [-0.1, -0.05) is 34.4 Å². The molecule has 6 heteroatoms. The highest BCUT2D eigenvalue weighted by Gasteiger charge is 2.09. The van der Waals surface area contributed by atoms with Gasteiger partial charge in [0, 0.05) is 23.5 Å². The van der Waals surface area contributed by atoms with Crippen LogP contribution in [0.4, 0.5) is 0 Å². The standard InChI is InChI=1S/C12H13Cl2N3O/c1-8-15-12(16-18-8)7-17(2)6-9-3-4-10(13)5-11(9)14/h3-5H,6-7H2,1-2H3. The van der Waals surface area contributed by atoms with E-state index in [4.69, 9.17) is 27.7 Å². The second kappa shape index (κ2) is 5.69. The van der Waals surface area contributed by atoms with Crippen molar-refractivity contribution in [2.24, 2.45) is 0 Å². The van der Waals surface area contributed by atoms with E-state index in [0.717, 1.165) is 5.56 Å². The predicted molar refractivity (Wildman–Crippen MR) is 70.7 cm³/mol. The van der Waals surface area contributed by atoms with Crippen LogP contribution in [0.3, 0.4) is 0 Å². The largest absolute Gasteiger partial charge is 0.340 e. The van der Waals surface area contributed by atoms with Crippen molar-refractivity contribution < 1.29 is 4.52 Å². The van der Waals surface area contributed by atoms with E-state index in [1.165, 1.54) is 0 Å². The number of hydrogen-bond acceptors (Lipinski definition) is 4. The first-order chi connectivity index (χ1) is 8.54. The molecule has 0 aliphatic heterocycles. The molecule has 1 aromatic heterocycles. The second-order valence-corrected chi connectivity index (χ2v) is 4.98. The van der Waals surface area contributed by atoms with Gasteiger partial charge in [0.25, 0.3) is 0 Å². The van der Waals surface area contributed by atoms with Crippen LogP contribution in [-0.2, 0) is 13.1 Å². The molecule has 0 spiro atoms. The molecule has 0 aliphatic rings. The van der Waals surface area contributed by atoms with E-state index in [9.17, 15) is 0 Å². The van der Waals surface area contributed by atoms with Crippen LogP contribution in [0.5, 0.6) is 0 Å². The second-order valence-electron chi connectivity index (χ2n) is 4.14. The lowest BCUT2D eigenvalue weighted by atomic mass is 10.2. The molecule has 0 saturated heterocycles. The number of rotatable bonds is 4. The Balaban J connectivity index is 2.00. The maximum absolute atomic E-state index is 6.12. The molecule has 0 bridgehead atoms. The fourth-order valence-corrected chi connectivity index (χ4v) is 2.11. The number of nitrogens with zero attached hydrogens (tertiary/aromatic N) is 3. The molecule has 1 heterocycles. The van der Waals surface area contributed by atoms with Crippen LogP contribution >= 0.6 is 23.2 Å². The van der Waals surface area contributed by atoms with Crippen molar-refractivity contribution in [3.8, 4) is 0 Å². The lowest BCUT2D eigenvalue weighted by Gasteiger charge is -2.15. The van der Waals surface area contributed by atoms with Crippen LogP contribution < -0.4 is 0 Å². The first-order valence-corrected chi connectivity index (χ1v) is 6.22. The average molecular weight is 286 g/mol. The minimum atomic E-state index is 0.572. The molecule has 0 amide bonds. The van der Waals surface area contributed by atoms with Gasteiger partial charge in [0.1, 0.15) is 0 Å². The van der Waals surface area contributed by atoms with Gasteiger partial charge >= 0.3 is 0 Å². The van der Waals surface area contributed by atoms with Gasteiger partial charge in [0.2, 0.25) is 5.89 Å². The summed E-state index contributed by atoms with van der Waals surface area (Å²) in [6.45, 7) is 3.08. The van der Waals surface area contributed by atoms with Crippen molar-refractivity contribution in [1.82, 2.24) is 15.0 Å². The van der Waals surface area contributed by atoms with Crippen molar-refractivity contribution in [3.05, 3.63) is 45.5 Å². The molecule has 0 atom stereocenters. The summed E-state index contributed by atoms with van der Waals surface area (Å²) in [7, 11) is 1.97. The molecule has 4 nitrogen and oxygen atoms in total. The zero-order chi connectivity index (χ0) is 13.1. The minimum absolute atomic E-state index is 0.572. The third kappa shape index (κ3) is 3.45. The Bertz CT molecular complexity index is 542. The average Bonchev–Trinajstić information content (AvgIpc) is 2.68. The molecule has 18 heavy (non-hydrogen) atoms. The van der Waals surface area contributed by atoms with Gasteiger partial charge in [-0.25, -0.2) is 0 Å². The van der Waals surface area contributed by atoms with Crippen LogP contribution in [0, 0.1) is 6.92 Å². The van der Waals surface area contributed by atoms with Crippen molar-refractivity contribution in [2.75, 3.05) is 7.05 Å². The molecule has 0 fully saturated rings. The highest BCUT2D eigenvalue weighted by Crippen LogP contribution is 2.22. The minimum Gasteiger partial charge on any atom is -0.340 e. The Kier molecular flexibility index (Phi) is 4.22. The molecule has 0 unspecified atom stereocenters. The Morgan fingerprint density at radius 3 is 2.67 bits per heavy atom. The van der Waals surface area contributed by atoms with E-state index in [1.54, 1.807) is 13.0 Å². The number of halogens is 2. The fraction of sp³-hybridized carbons (Fsp3) is 0.333. The Morgan fingerprint density at radius 1 is 1.28 bits per heavy atom. The van der Waals surface area contributed by atoms with Gasteiger partial charge in [-0.15, -0.1) is 0 Å². The third-order valence-corrected chi connectivity index (χ3v) is 3.02. The van der Waals surface area contributed by atoms with Gasteiger partial charge in [0.15, 0.2) is 5.82 Å². The van der Waals surface area contributed by atoms with Gasteiger partial charge in [-0.2, -0.15) is 4.98 Å². The summed E-state index contributed by atoms with van der Waals surface area (Å²) >= 11 is 12.0. The molecule has 0 N–H and O–H groups in total. The van der Waals surface area contributed by atoms with E-state index in [-0.39, 0.29) is 0 Å². The summed E-state index contributed by atoms with van der Waals surface area (Å²) in [6.07, 6.45) is 0. The Labute approximate surface area is 115 Å². The molecule has 0 aliphatic carbocycles. The van der Waals surface area contributed by atoms with E-state index in [1.807, 2.05) is 19.2 Å². The van der Waals surface area contributed by atoms with Gasteiger partial charge in [-0.3, -0.25) is 4.90 Å². The molecule has 2 rings (SSSR count). The number of hydrogen-bond donors (Lipinski definition) is 0. The summed E-state index contributed by atoms with van der Waals surface area (Å²) in [6, 6.07) is 5.49.